The van der Waals surface area contributed by atoms with Crippen molar-refractivity contribution in [3.63, 3.8) is 0 Å². The molecule has 0 radical (unpaired) electrons. The third-order valence-corrected chi connectivity index (χ3v) is 3.03. The molecule has 0 amide bonds. The maximum atomic E-state index is 5.70. The molecule has 0 aliphatic rings. The number of hydrogen-bond donors (Lipinski definition) is 2. The van der Waals surface area contributed by atoms with E-state index in [9.17, 15) is 0 Å². The van der Waals surface area contributed by atoms with Gasteiger partial charge in [0.15, 0.2) is 0 Å². The highest BCUT2D eigenvalue weighted by Gasteiger charge is 2.20. The Hall–Kier alpha value is -1.78. The lowest BCUT2D eigenvalue weighted by molar-refractivity contribution is 0.403. The predicted octanol–water partition coefficient (Wildman–Crippen LogP) is 2.40. The maximum absolute atomic E-state index is 5.70. The number of benzene rings is 1. The van der Waals surface area contributed by atoms with Crippen LogP contribution in [-0.4, -0.2) is 7.11 Å². The minimum Gasteiger partial charge on any atom is -0.496 e. The molecule has 0 spiro atoms. The van der Waals surface area contributed by atoms with Crippen LogP contribution in [0.3, 0.4) is 0 Å². The first kappa shape index (κ1) is 12.7. The number of aryl methyl sites for hydroxylation is 1. The van der Waals surface area contributed by atoms with Crippen molar-refractivity contribution in [2.24, 2.45) is 5.84 Å². The van der Waals surface area contributed by atoms with Crippen LogP contribution in [0.25, 0.3) is 0 Å². The van der Waals surface area contributed by atoms with Crippen LogP contribution in [0.5, 0.6) is 5.75 Å². The van der Waals surface area contributed by atoms with Crippen molar-refractivity contribution in [1.29, 1.82) is 0 Å². The summed E-state index contributed by atoms with van der Waals surface area (Å²) in [5.74, 6) is 7.44. The Bertz CT molecular complexity index is 508. The van der Waals surface area contributed by atoms with Crippen LogP contribution in [-0.2, 0) is 6.42 Å². The van der Waals surface area contributed by atoms with Crippen LogP contribution in [0.2, 0.25) is 0 Å². The van der Waals surface area contributed by atoms with Gasteiger partial charge in [0.25, 0.3) is 0 Å². The lowest BCUT2D eigenvalue weighted by Crippen LogP contribution is -2.29. The van der Waals surface area contributed by atoms with Gasteiger partial charge in [0, 0.05) is 17.5 Å². The van der Waals surface area contributed by atoms with E-state index in [1.807, 2.05) is 30.3 Å². The van der Waals surface area contributed by atoms with Gasteiger partial charge in [-0.25, -0.2) is 5.43 Å². The maximum Gasteiger partial charge on any atom is 0.124 e. The lowest BCUT2D eigenvalue weighted by atomic mass is 9.98. The zero-order valence-electron chi connectivity index (χ0n) is 10.6. The molecule has 2 rings (SSSR count). The molecule has 1 aromatic heterocycles. The zero-order valence-corrected chi connectivity index (χ0v) is 10.6. The summed E-state index contributed by atoms with van der Waals surface area (Å²) >= 11 is 0. The fourth-order valence-corrected chi connectivity index (χ4v) is 2.15. The minimum atomic E-state index is -0.130. The Labute approximate surface area is 107 Å². The van der Waals surface area contributed by atoms with E-state index in [-0.39, 0.29) is 6.04 Å². The smallest absolute Gasteiger partial charge is 0.124 e. The van der Waals surface area contributed by atoms with Crippen molar-refractivity contribution >= 4 is 0 Å². The first-order valence-corrected chi connectivity index (χ1v) is 5.97. The van der Waals surface area contributed by atoms with E-state index < -0.39 is 0 Å². The van der Waals surface area contributed by atoms with Gasteiger partial charge in [-0.1, -0.05) is 25.1 Å². The topological polar surface area (TPSA) is 60.4 Å². The van der Waals surface area contributed by atoms with Crippen molar-refractivity contribution in [3.05, 3.63) is 53.5 Å². The Morgan fingerprint density at radius 3 is 2.72 bits per heavy atom. The summed E-state index contributed by atoms with van der Waals surface area (Å²) in [6.07, 6.45) is 2.52. The summed E-state index contributed by atoms with van der Waals surface area (Å²) in [6, 6.07) is 9.63. The molecule has 1 heterocycles. The molecule has 0 aliphatic heterocycles. The van der Waals surface area contributed by atoms with E-state index in [1.165, 1.54) is 0 Å². The normalized spacial score (nSPS) is 12.4. The standard InChI is InChI=1S/C14H18N2O2/c1-3-12-11(8-9-18-12)14(16-15)10-6-4-5-7-13(10)17-2/h4-9,14,16H,3,15H2,1-2H3. The number of hydrazine groups is 1. The average molecular weight is 246 g/mol. The third kappa shape index (κ3) is 2.25. The number of nitrogens with one attached hydrogen (secondary N) is 1. The molecule has 0 bridgehead atoms. The van der Waals surface area contributed by atoms with Crippen LogP contribution < -0.4 is 16.0 Å². The summed E-state index contributed by atoms with van der Waals surface area (Å²) in [5.41, 5.74) is 4.87. The zero-order chi connectivity index (χ0) is 13.0. The van der Waals surface area contributed by atoms with Gasteiger partial charge in [0.2, 0.25) is 0 Å². The van der Waals surface area contributed by atoms with Gasteiger partial charge in [-0.15, -0.1) is 0 Å². The SMILES string of the molecule is CCc1occc1C(NN)c1ccccc1OC. The molecule has 96 valence electrons. The summed E-state index contributed by atoms with van der Waals surface area (Å²) < 4.78 is 10.8. The molecule has 1 atom stereocenters. The number of nitrogens with two attached hydrogens (primary N) is 1. The largest absolute Gasteiger partial charge is 0.496 e. The van der Waals surface area contributed by atoms with E-state index in [1.54, 1.807) is 13.4 Å². The highest BCUT2D eigenvalue weighted by Crippen LogP contribution is 2.31. The van der Waals surface area contributed by atoms with Crippen molar-refractivity contribution in [3.8, 4) is 5.75 Å². The predicted molar refractivity (Wildman–Crippen MR) is 70.2 cm³/mol. The number of rotatable bonds is 5. The van der Waals surface area contributed by atoms with Crippen LogP contribution in [0.4, 0.5) is 0 Å². The fraction of sp³-hybridized carbons (Fsp3) is 0.286. The summed E-state index contributed by atoms with van der Waals surface area (Å²) in [5, 5.41) is 0. The first-order chi connectivity index (χ1) is 8.81. The van der Waals surface area contributed by atoms with Crippen molar-refractivity contribution in [2.75, 3.05) is 7.11 Å². The molecule has 0 aliphatic carbocycles. The first-order valence-electron chi connectivity index (χ1n) is 5.97. The molecule has 4 nitrogen and oxygen atoms in total. The lowest BCUT2D eigenvalue weighted by Gasteiger charge is -2.19. The van der Waals surface area contributed by atoms with E-state index in [4.69, 9.17) is 15.0 Å². The molecule has 1 unspecified atom stereocenters. The van der Waals surface area contributed by atoms with Gasteiger partial charge in [-0.2, -0.15) is 0 Å². The van der Waals surface area contributed by atoms with Crippen molar-refractivity contribution in [1.82, 2.24) is 5.43 Å². The monoisotopic (exact) mass is 246 g/mol. The Balaban J connectivity index is 2.45. The third-order valence-electron chi connectivity index (χ3n) is 3.03. The van der Waals surface area contributed by atoms with Crippen LogP contribution in [0.1, 0.15) is 29.9 Å². The molecule has 18 heavy (non-hydrogen) atoms. The molecule has 0 fully saturated rings. The summed E-state index contributed by atoms with van der Waals surface area (Å²) in [4.78, 5) is 0. The molecule has 1 aromatic carbocycles. The quantitative estimate of drug-likeness (QED) is 0.628. The number of ether oxygens (including phenoxy) is 1. The number of furan rings is 1. The van der Waals surface area contributed by atoms with Gasteiger partial charge in [0.1, 0.15) is 11.5 Å². The van der Waals surface area contributed by atoms with Crippen LogP contribution in [0, 0.1) is 0 Å². The van der Waals surface area contributed by atoms with Crippen LogP contribution >= 0.6 is 0 Å². The Kier molecular flexibility index (Phi) is 4.02. The Morgan fingerprint density at radius 2 is 2.06 bits per heavy atom. The molecular formula is C14H18N2O2. The average Bonchev–Trinajstić information content (AvgIpc) is 2.88. The highest BCUT2D eigenvalue weighted by atomic mass is 16.5. The number of para-hydroxylation sites is 1. The summed E-state index contributed by atoms with van der Waals surface area (Å²) in [7, 11) is 1.66. The van der Waals surface area contributed by atoms with Gasteiger partial charge in [0.05, 0.1) is 19.4 Å². The molecule has 0 saturated carbocycles. The second-order valence-corrected chi connectivity index (χ2v) is 3.99. The second kappa shape index (κ2) is 5.71. The second-order valence-electron chi connectivity index (χ2n) is 3.99. The molecule has 0 saturated heterocycles. The fourth-order valence-electron chi connectivity index (χ4n) is 2.15. The van der Waals surface area contributed by atoms with Crippen molar-refractivity contribution < 1.29 is 9.15 Å². The molecular weight excluding hydrogens is 228 g/mol. The van der Waals surface area contributed by atoms with Gasteiger partial charge >= 0.3 is 0 Å². The number of hydrogen-bond acceptors (Lipinski definition) is 4. The van der Waals surface area contributed by atoms with E-state index >= 15 is 0 Å². The van der Waals surface area contributed by atoms with Crippen molar-refractivity contribution in [2.45, 2.75) is 19.4 Å². The summed E-state index contributed by atoms with van der Waals surface area (Å²) in [6.45, 7) is 2.05. The van der Waals surface area contributed by atoms with Gasteiger partial charge in [-0.3, -0.25) is 5.84 Å². The highest BCUT2D eigenvalue weighted by molar-refractivity contribution is 5.42. The van der Waals surface area contributed by atoms with Gasteiger partial charge < -0.3 is 9.15 Å². The molecule has 3 N–H and O–H groups in total. The van der Waals surface area contributed by atoms with E-state index in [2.05, 4.69) is 12.3 Å². The molecule has 2 aromatic rings. The van der Waals surface area contributed by atoms with E-state index in [0.29, 0.717) is 0 Å². The van der Waals surface area contributed by atoms with Gasteiger partial charge in [-0.05, 0) is 12.1 Å². The van der Waals surface area contributed by atoms with E-state index in [0.717, 1.165) is 29.1 Å². The number of methoxy groups -OCH3 is 1. The Morgan fingerprint density at radius 1 is 1.28 bits per heavy atom. The minimum absolute atomic E-state index is 0.130. The van der Waals surface area contributed by atoms with Crippen LogP contribution in [0.15, 0.2) is 41.0 Å². The molecule has 4 heteroatoms.